The molecule has 1 heterocycles. The molecule has 2 N–H and O–H groups in total. The van der Waals surface area contributed by atoms with Crippen LogP contribution in [0.4, 0.5) is 4.79 Å². The Labute approximate surface area is 185 Å². The fraction of sp³-hybridized carbons (Fsp3) is 0.423. The molecule has 0 radical (unpaired) electrons. The van der Waals surface area contributed by atoms with E-state index in [1.807, 2.05) is 81.5 Å². The Hall–Kier alpha value is -2.63. The SMILES string of the molecule is C[C@@H](N[C@@H]1CN(C(=O)OC(C)(C)C)CC[C@]1(O)/C=C/c1ccccc1)c1ccccc1. The van der Waals surface area contributed by atoms with Gasteiger partial charge < -0.3 is 20.1 Å². The van der Waals surface area contributed by atoms with Gasteiger partial charge in [0, 0.05) is 19.1 Å². The predicted molar refractivity (Wildman–Crippen MR) is 125 cm³/mol. The lowest BCUT2D eigenvalue weighted by Gasteiger charge is -2.44. The van der Waals surface area contributed by atoms with Crippen molar-refractivity contribution in [3.8, 4) is 0 Å². The number of benzene rings is 2. The summed E-state index contributed by atoms with van der Waals surface area (Å²) in [7, 11) is 0. The Morgan fingerprint density at radius 2 is 1.77 bits per heavy atom. The van der Waals surface area contributed by atoms with Gasteiger partial charge in [-0.2, -0.15) is 0 Å². The number of carbonyl (C=O) groups is 1. The van der Waals surface area contributed by atoms with Crippen LogP contribution in [0.1, 0.15) is 51.3 Å². The second-order valence-corrected chi connectivity index (χ2v) is 9.26. The second-order valence-electron chi connectivity index (χ2n) is 9.26. The molecule has 3 atom stereocenters. The first-order chi connectivity index (χ1) is 14.7. The Bertz CT molecular complexity index is 877. The van der Waals surface area contributed by atoms with Crippen molar-refractivity contribution in [2.45, 2.75) is 57.4 Å². The average Bonchev–Trinajstić information content (AvgIpc) is 2.74. The van der Waals surface area contributed by atoms with E-state index in [0.29, 0.717) is 19.5 Å². The Kier molecular flexibility index (Phi) is 7.19. The zero-order chi connectivity index (χ0) is 22.5. The summed E-state index contributed by atoms with van der Waals surface area (Å²) in [4.78, 5) is 14.4. The number of rotatable bonds is 5. The first-order valence-electron chi connectivity index (χ1n) is 10.9. The third-order valence-electron chi connectivity index (χ3n) is 5.56. The van der Waals surface area contributed by atoms with Crippen molar-refractivity contribution in [2.24, 2.45) is 0 Å². The van der Waals surface area contributed by atoms with Crippen LogP contribution < -0.4 is 5.32 Å². The molecule has 5 heteroatoms. The number of ether oxygens (including phenoxy) is 1. The quantitative estimate of drug-likeness (QED) is 0.727. The van der Waals surface area contributed by atoms with Crippen molar-refractivity contribution in [1.82, 2.24) is 10.2 Å². The molecule has 0 aromatic heterocycles. The topological polar surface area (TPSA) is 61.8 Å². The number of aliphatic hydroxyl groups is 1. The van der Waals surface area contributed by atoms with E-state index < -0.39 is 11.2 Å². The average molecular weight is 423 g/mol. The number of hydrogen-bond donors (Lipinski definition) is 2. The van der Waals surface area contributed by atoms with Crippen molar-refractivity contribution in [3.63, 3.8) is 0 Å². The molecule has 2 aromatic carbocycles. The lowest BCUT2D eigenvalue weighted by atomic mass is 9.85. The highest BCUT2D eigenvalue weighted by atomic mass is 16.6. The van der Waals surface area contributed by atoms with Crippen LogP contribution in [0.25, 0.3) is 6.08 Å². The molecule has 1 aliphatic rings. The van der Waals surface area contributed by atoms with Crippen molar-refractivity contribution in [1.29, 1.82) is 0 Å². The van der Waals surface area contributed by atoms with E-state index in [9.17, 15) is 9.90 Å². The van der Waals surface area contributed by atoms with Gasteiger partial charge in [-0.25, -0.2) is 4.79 Å². The summed E-state index contributed by atoms with van der Waals surface area (Å²) in [6.45, 7) is 8.45. The largest absolute Gasteiger partial charge is 0.444 e. The summed E-state index contributed by atoms with van der Waals surface area (Å²) in [6, 6.07) is 19.7. The third kappa shape index (κ3) is 6.42. The molecule has 0 bridgehead atoms. The fourth-order valence-corrected chi connectivity index (χ4v) is 3.79. The fourth-order valence-electron chi connectivity index (χ4n) is 3.79. The van der Waals surface area contributed by atoms with E-state index in [0.717, 1.165) is 11.1 Å². The lowest BCUT2D eigenvalue weighted by Crippen LogP contribution is -2.62. The first-order valence-corrected chi connectivity index (χ1v) is 10.9. The summed E-state index contributed by atoms with van der Waals surface area (Å²) >= 11 is 0. The highest BCUT2D eigenvalue weighted by molar-refractivity contribution is 5.68. The summed E-state index contributed by atoms with van der Waals surface area (Å²) in [5.74, 6) is 0. The minimum Gasteiger partial charge on any atom is -0.444 e. The van der Waals surface area contributed by atoms with Gasteiger partial charge in [0.25, 0.3) is 0 Å². The number of likely N-dealkylation sites (tertiary alicyclic amines) is 1. The zero-order valence-electron chi connectivity index (χ0n) is 18.9. The smallest absolute Gasteiger partial charge is 0.410 e. The van der Waals surface area contributed by atoms with Gasteiger partial charge in [0.2, 0.25) is 0 Å². The van der Waals surface area contributed by atoms with E-state index in [1.165, 1.54) is 0 Å². The van der Waals surface area contributed by atoms with Gasteiger partial charge in [-0.3, -0.25) is 0 Å². The molecule has 1 aliphatic heterocycles. The summed E-state index contributed by atoms with van der Waals surface area (Å²) in [5.41, 5.74) is 0.516. The van der Waals surface area contributed by atoms with Crippen molar-refractivity contribution >= 4 is 12.2 Å². The maximum Gasteiger partial charge on any atom is 0.410 e. The number of amides is 1. The van der Waals surface area contributed by atoms with Crippen LogP contribution in [0.2, 0.25) is 0 Å². The van der Waals surface area contributed by atoms with Gasteiger partial charge in [0.15, 0.2) is 0 Å². The lowest BCUT2D eigenvalue weighted by molar-refractivity contribution is -0.0296. The molecule has 2 aromatic rings. The van der Waals surface area contributed by atoms with E-state index in [2.05, 4.69) is 24.4 Å². The maximum absolute atomic E-state index is 12.7. The molecule has 0 unspecified atom stereocenters. The highest BCUT2D eigenvalue weighted by Gasteiger charge is 2.42. The van der Waals surface area contributed by atoms with E-state index in [4.69, 9.17) is 4.74 Å². The molecule has 0 saturated carbocycles. The predicted octanol–water partition coefficient (Wildman–Crippen LogP) is 4.79. The molecule has 1 amide bonds. The molecule has 0 spiro atoms. The Morgan fingerprint density at radius 1 is 1.16 bits per heavy atom. The molecular formula is C26H34N2O3. The minimum absolute atomic E-state index is 0.0152. The van der Waals surface area contributed by atoms with Crippen LogP contribution >= 0.6 is 0 Å². The maximum atomic E-state index is 12.7. The molecule has 1 fully saturated rings. The van der Waals surface area contributed by atoms with Crippen LogP contribution in [0.15, 0.2) is 66.7 Å². The van der Waals surface area contributed by atoms with Gasteiger partial charge in [0.05, 0.1) is 6.04 Å². The van der Waals surface area contributed by atoms with Gasteiger partial charge in [-0.1, -0.05) is 72.8 Å². The molecule has 5 nitrogen and oxygen atoms in total. The molecule has 166 valence electrons. The number of piperidine rings is 1. The molecular weight excluding hydrogens is 388 g/mol. The van der Waals surface area contributed by atoms with Crippen molar-refractivity contribution in [2.75, 3.05) is 13.1 Å². The monoisotopic (exact) mass is 422 g/mol. The van der Waals surface area contributed by atoms with Crippen LogP contribution in [0.5, 0.6) is 0 Å². The molecule has 3 rings (SSSR count). The van der Waals surface area contributed by atoms with Crippen molar-refractivity contribution < 1.29 is 14.6 Å². The molecule has 31 heavy (non-hydrogen) atoms. The van der Waals surface area contributed by atoms with Gasteiger partial charge in [0.1, 0.15) is 11.2 Å². The Balaban J connectivity index is 1.81. The summed E-state index contributed by atoms with van der Waals surface area (Å²) in [5, 5.41) is 15.2. The van der Waals surface area contributed by atoms with Gasteiger partial charge in [-0.05, 0) is 45.2 Å². The van der Waals surface area contributed by atoms with E-state index in [1.54, 1.807) is 4.90 Å². The first kappa shape index (κ1) is 23.0. The summed E-state index contributed by atoms with van der Waals surface area (Å²) in [6.07, 6.45) is 3.89. The number of hydrogen-bond acceptors (Lipinski definition) is 4. The molecule has 1 saturated heterocycles. The van der Waals surface area contributed by atoms with Crippen LogP contribution in [0, 0.1) is 0 Å². The highest BCUT2D eigenvalue weighted by Crippen LogP contribution is 2.28. The standard InChI is InChI=1S/C26H34N2O3/c1-20(22-13-9-6-10-14-22)27-23-19-28(24(29)31-25(2,3)4)18-17-26(23,30)16-15-21-11-7-5-8-12-21/h5-16,20,23,27,30H,17-19H2,1-4H3/b16-15+/t20-,23-,26-/m1/s1. The van der Waals surface area contributed by atoms with Crippen LogP contribution in [-0.2, 0) is 4.74 Å². The van der Waals surface area contributed by atoms with Gasteiger partial charge >= 0.3 is 6.09 Å². The summed E-state index contributed by atoms with van der Waals surface area (Å²) < 4.78 is 5.57. The number of carbonyl (C=O) groups excluding carboxylic acids is 1. The van der Waals surface area contributed by atoms with Crippen LogP contribution in [-0.4, -0.2) is 46.4 Å². The van der Waals surface area contributed by atoms with Crippen molar-refractivity contribution in [3.05, 3.63) is 77.9 Å². The van der Waals surface area contributed by atoms with Crippen LogP contribution in [0.3, 0.4) is 0 Å². The number of nitrogens with zero attached hydrogens (tertiary/aromatic N) is 1. The third-order valence-corrected chi connectivity index (χ3v) is 5.56. The number of nitrogens with one attached hydrogen (secondary N) is 1. The Morgan fingerprint density at radius 3 is 2.39 bits per heavy atom. The van der Waals surface area contributed by atoms with E-state index in [-0.39, 0.29) is 18.2 Å². The molecule has 0 aliphatic carbocycles. The van der Waals surface area contributed by atoms with E-state index >= 15 is 0 Å². The van der Waals surface area contributed by atoms with Gasteiger partial charge in [-0.15, -0.1) is 0 Å². The zero-order valence-corrected chi connectivity index (χ0v) is 18.9. The minimum atomic E-state index is -1.09. The normalized spacial score (nSPS) is 23.0. The second kappa shape index (κ2) is 9.67.